The molecule has 1 heterocycles. The molecule has 0 aromatic carbocycles. The van der Waals surface area contributed by atoms with Crippen LogP contribution in [0.25, 0.3) is 0 Å². The molecule has 120 valence electrons. The van der Waals surface area contributed by atoms with Gasteiger partial charge in [0.15, 0.2) is 9.84 Å². The Hall–Kier alpha value is -0.810. The van der Waals surface area contributed by atoms with Gasteiger partial charge in [-0.25, -0.2) is 8.42 Å². The monoisotopic (exact) mass is 312 g/mol. The zero-order valence-electron chi connectivity index (χ0n) is 13.6. The van der Waals surface area contributed by atoms with Crippen molar-refractivity contribution in [1.29, 1.82) is 0 Å². The minimum Gasteiger partial charge on any atom is -0.353 e. The topological polar surface area (TPSA) is 51.1 Å². The quantitative estimate of drug-likeness (QED) is 0.870. The van der Waals surface area contributed by atoms with Crippen molar-refractivity contribution in [1.82, 2.24) is 9.88 Å². The number of sulfone groups is 1. The van der Waals surface area contributed by atoms with Gasteiger partial charge in [0.05, 0.1) is 10.5 Å². The third-order valence-corrected chi connectivity index (χ3v) is 7.05. The van der Waals surface area contributed by atoms with Gasteiger partial charge in [-0.2, -0.15) is 0 Å². The molecule has 1 aliphatic rings. The molecule has 21 heavy (non-hydrogen) atoms. The highest BCUT2D eigenvalue weighted by molar-refractivity contribution is 7.92. The summed E-state index contributed by atoms with van der Waals surface area (Å²) in [6, 6.07) is 0.406. The summed E-state index contributed by atoms with van der Waals surface area (Å²) < 4.78 is 25.8. The predicted molar refractivity (Wildman–Crippen MR) is 87.3 cm³/mol. The Morgan fingerprint density at radius 1 is 1.29 bits per heavy atom. The lowest BCUT2D eigenvalue weighted by Gasteiger charge is -2.19. The molecule has 1 unspecified atom stereocenters. The number of nitrogens with zero attached hydrogens (tertiary/aromatic N) is 1. The molecular formula is C16H28N2O2S. The van der Waals surface area contributed by atoms with Crippen LogP contribution in [0, 0.1) is 0 Å². The number of hydrogen-bond acceptors (Lipinski definition) is 3. The van der Waals surface area contributed by atoms with Crippen molar-refractivity contribution in [2.24, 2.45) is 0 Å². The summed E-state index contributed by atoms with van der Waals surface area (Å²) in [6.45, 7) is 5.85. The predicted octanol–water partition coefficient (Wildman–Crippen LogP) is 2.69. The van der Waals surface area contributed by atoms with Crippen molar-refractivity contribution in [2.45, 2.75) is 63.8 Å². The first-order valence-corrected chi connectivity index (χ1v) is 9.48. The van der Waals surface area contributed by atoms with E-state index in [1.807, 2.05) is 7.05 Å². The fraction of sp³-hybridized carbons (Fsp3) is 0.750. The van der Waals surface area contributed by atoms with Crippen molar-refractivity contribution >= 4 is 9.84 Å². The lowest BCUT2D eigenvalue weighted by atomic mass is 10.1. The highest BCUT2D eigenvalue weighted by Gasteiger charge is 2.28. The number of fused-ring (bicyclic) bond motifs is 1. The van der Waals surface area contributed by atoms with Crippen molar-refractivity contribution in [3.05, 3.63) is 23.5 Å². The summed E-state index contributed by atoms with van der Waals surface area (Å²) in [6.07, 6.45) is 9.01. The molecule has 0 bridgehead atoms. The van der Waals surface area contributed by atoms with Gasteiger partial charge in [0.25, 0.3) is 0 Å². The Bertz CT molecular complexity index is 582. The van der Waals surface area contributed by atoms with Crippen LogP contribution >= 0.6 is 0 Å². The van der Waals surface area contributed by atoms with Crippen LogP contribution in [0.3, 0.4) is 0 Å². The zero-order valence-corrected chi connectivity index (χ0v) is 14.5. The molecule has 0 saturated heterocycles. The largest absolute Gasteiger partial charge is 0.353 e. The van der Waals surface area contributed by atoms with E-state index in [1.165, 1.54) is 24.0 Å². The van der Waals surface area contributed by atoms with Gasteiger partial charge < -0.3 is 9.88 Å². The highest BCUT2D eigenvalue weighted by atomic mass is 32.2. The van der Waals surface area contributed by atoms with E-state index in [1.54, 1.807) is 20.8 Å². The minimum absolute atomic E-state index is 0.203. The molecular weight excluding hydrogens is 284 g/mol. The van der Waals surface area contributed by atoms with Crippen LogP contribution in [0.2, 0.25) is 0 Å². The summed E-state index contributed by atoms with van der Waals surface area (Å²) in [5, 5.41) is 3.38. The van der Waals surface area contributed by atoms with Gasteiger partial charge in [-0.05, 0) is 58.2 Å². The van der Waals surface area contributed by atoms with Gasteiger partial charge in [-0.15, -0.1) is 0 Å². The number of rotatable bonds is 4. The Labute approximate surface area is 128 Å². The first-order valence-electron chi connectivity index (χ1n) is 7.83. The molecule has 0 aliphatic heterocycles. The SMILES string of the molecule is CNC1CCCCc2cn(CCS(=O)(=O)C(C)(C)C)cc21. The summed E-state index contributed by atoms with van der Waals surface area (Å²) in [7, 11) is -1.06. The van der Waals surface area contributed by atoms with Gasteiger partial charge in [-0.1, -0.05) is 6.42 Å². The number of aromatic nitrogens is 1. The number of nitrogens with one attached hydrogen (secondary N) is 1. The van der Waals surface area contributed by atoms with Crippen LogP contribution in [0.15, 0.2) is 12.4 Å². The fourth-order valence-electron chi connectivity index (χ4n) is 2.88. The van der Waals surface area contributed by atoms with Crippen molar-refractivity contribution in [3.8, 4) is 0 Å². The zero-order chi connectivity index (χ0) is 15.7. The molecule has 0 fully saturated rings. The maximum Gasteiger partial charge on any atom is 0.156 e. The molecule has 0 amide bonds. The third-order valence-electron chi connectivity index (χ3n) is 4.46. The van der Waals surface area contributed by atoms with E-state index in [2.05, 4.69) is 22.3 Å². The van der Waals surface area contributed by atoms with Crippen LogP contribution in [0.1, 0.15) is 57.2 Å². The van der Waals surface area contributed by atoms with Crippen LogP contribution < -0.4 is 5.32 Å². The van der Waals surface area contributed by atoms with Crippen LogP contribution in [-0.4, -0.2) is 30.5 Å². The Morgan fingerprint density at radius 2 is 2.00 bits per heavy atom. The Balaban J connectivity index is 2.13. The van der Waals surface area contributed by atoms with E-state index in [9.17, 15) is 8.42 Å². The summed E-state index contributed by atoms with van der Waals surface area (Å²) in [4.78, 5) is 0. The second-order valence-corrected chi connectivity index (χ2v) is 9.86. The summed E-state index contributed by atoms with van der Waals surface area (Å²) >= 11 is 0. The van der Waals surface area contributed by atoms with Crippen LogP contribution in [0.5, 0.6) is 0 Å². The maximum atomic E-state index is 12.2. The van der Waals surface area contributed by atoms with E-state index in [4.69, 9.17) is 0 Å². The van der Waals surface area contributed by atoms with E-state index in [-0.39, 0.29) is 5.75 Å². The molecule has 1 aromatic heterocycles. The average Bonchev–Trinajstić information content (AvgIpc) is 2.69. The number of aryl methyl sites for hydroxylation is 2. The standard InChI is InChI=1S/C16H28N2O2S/c1-16(2,3)21(19,20)10-9-18-11-13-7-5-6-8-15(17-4)14(13)12-18/h11-12,15,17H,5-10H2,1-4H3. The van der Waals surface area contributed by atoms with Gasteiger partial charge in [0.2, 0.25) is 0 Å². The highest BCUT2D eigenvalue weighted by Crippen LogP contribution is 2.29. The van der Waals surface area contributed by atoms with E-state index in [0.717, 1.165) is 12.8 Å². The molecule has 1 atom stereocenters. The molecule has 4 nitrogen and oxygen atoms in total. The van der Waals surface area contributed by atoms with E-state index in [0.29, 0.717) is 12.6 Å². The smallest absolute Gasteiger partial charge is 0.156 e. The molecule has 1 aliphatic carbocycles. The normalized spacial score (nSPS) is 20.1. The van der Waals surface area contributed by atoms with Gasteiger partial charge in [0.1, 0.15) is 0 Å². The molecule has 1 N–H and O–H groups in total. The molecule has 0 spiro atoms. The Morgan fingerprint density at radius 3 is 2.62 bits per heavy atom. The lowest BCUT2D eigenvalue weighted by molar-refractivity contribution is 0.529. The van der Waals surface area contributed by atoms with Crippen molar-refractivity contribution in [3.63, 3.8) is 0 Å². The van der Waals surface area contributed by atoms with E-state index >= 15 is 0 Å². The molecule has 2 rings (SSSR count). The minimum atomic E-state index is -3.06. The first-order chi connectivity index (χ1) is 9.74. The van der Waals surface area contributed by atoms with Gasteiger partial charge in [0, 0.05) is 25.0 Å². The number of hydrogen-bond donors (Lipinski definition) is 1. The molecule has 5 heteroatoms. The molecule has 0 saturated carbocycles. The first kappa shape index (κ1) is 16.6. The second-order valence-electron chi connectivity index (χ2n) is 6.99. The second kappa shape index (κ2) is 6.13. The van der Waals surface area contributed by atoms with Crippen molar-refractivity contribution < 1.29 is 8.42 Å². The van der Waals surface area contributed by atoms with Crippen LogP contribution in [-0.2, 0) is 22.8 Å². The van der Waals surface area contributed by atoms with E-state index < -0.39 is 14.6 Å². The molecule has 0 radical (unpaired) electrons. The summed E-state index contributed by atoms with van der Waals surface area (Å²) in [5.74, 6) is 0.203. The maximum absolute atomic E-state index is 12.2. The lowest BCUT2D eigenvalue weighted by Crippen LogP contribution is -2.31. The molecule has 1 aromatic rings. The van der Waals surface area contributed by atoms with Gasteiger partial charge in [-0.3, -0.25) is 0 Å². The van der Waals surface area contributed by atoms with Gasteiger partial charge >= 0.3 is 0 Å². The Kier molecular flexibility index (Phi) is 4.83. The fourth-order valence-corrected chi connectivity index (χ4v) is 3.94. The average molecular weight is 312 g/mol. The summed E-state index contributed by atoms with van der Waals surface area (Å²) in [5.41, 5.74) is 2.73. The van der Waals surface area contributed by atoms with Crippen LogP contribution in [0.4, 0.5) is 0 Å². The third kappa shape index (κ3) is 3.69. The van der Waals surface area contributed by atoms with Crippen molar-refractivity contribution in [2.75, 3.05) is 12.8 Å².